The molecular formula is C11H19N3. The largest absolute Gasteiger partial charge is 0.367 e. The van der Waals surface area contributed by atoms with Crippen molar-refractivity contribution in [2.45, 2.75) is 18.9 Å². The molecule has 1 aliphatic heterocycles. The first-order valence-electron chi connectivity index (χ1n) is 5.42. The van der Waals surface area contributed by atoms with E-state index in [0.717, 1.165) is 12.5 Å². The Balaban J connectivity index is 2.04. The summed E-state index contributed by atoms with van der Waals surface area (Å²) in [6, 6.07) is 2.66. The summed E-state index contributed by atoms with van der Waals surface area (Å²) in [7, 11) is 2.05. The number of nitrogens with one attached hydrogen (secondary N) is 3. The first kappa shape index (κ1) is 9.74. The molecule has 0 aliphatic carbocycles. The summed E-state index contributed by atoms with van der Waals surface area (Å²) in [5, 5.41) is 6.88. The van der Waals surface area contributed by atoms with Gasteiger partial charge in [0.05, 0.1) is 0 Å². The molecule has 0 radical (unpaired) electrons. The van der Waals surface area contributed by atoms with Gasteiger partial charge in [0.2, 0.25) is 0 Å². The van der Waals surface area contributed by atoms with Crippen LogP contribution in [-0.2, 0) is 0 Å². The van der Waals surface area contributed by atoms with E-state index in [1.807, 2.05) is 13.2 Å². The van der Waals surface area contributed by atoms with Crippen molar-refractivity contribution >= 4 is 0 Å². The van der Waals surface area contributed by atoms with E-state index in [0.29, 0.717) is 6.04 Å². The Hall–Kier alpha value is -0.800. The molecule has 0 bridgehead atoms. The second-order valence-electron chi connectivity index (χ2n) is 4.02. The molecule has 1 aliphatic rings. The van der Waals surface area contributed by atoms with Crippen LogP contribution in [0.2, 0.25) is 0 Å². The lowest BCUT2D eigenvalue weighted by Crippen LogP contribution is -2.37. The monoisotopic (exact) mass is 193 g/mol. The molecular weight excluding hydrogens is 174 g/mol. The number of piperidine rings is 1. The fourth-order valence-electron chi connectivity index (χ4n) is 2.37. The van der Waals surface area contributed by atoms with Gasteiger partial charge in [0.15, 0.2) is 0 Å². The highest BCUT2D eigenvalue weighted by Crippen LogP contribution is 2.26. The Morgan fingerprint density at radius 1 is 1.57 bits per heavy atom. The normalized spacial score (nSPS) is 24.8. The molecule has 0 spiro atoms. The van der Waals surface area contributed by atoms with Crippen LogP contribution < -0.4 is 10.6 Å². The zero-order valence-electron chi connectivity index (χ0n) is 8.72. The maximum Gasteiger partial charge on any atom is 0.0373 e. The molecule has 0 amide bonds. The Bertz CT molecular complexity index is 250. The van der Waals surface area contributed by atoms with Crippen molar-refractivity contribution in [3.05, 3.63) is 24.0 Å². The molecule has 1 saturated heterocycles. The number of aromatic nitrogens is 1. The third kappa shape index (κ3) is 1.99. The minimum atomic E-state index is 0.494. The number of aromatic amines is 1. The summed E-state index contributed by atoms with van der Waals surface area (Å²) in [5.41, 5.74) is 1.38. The molecule has 3 nitrogen and oxygen atoms in total. The van der Waals surface area contributed by atoms with Gasteiger partial charge >= 0.3 is 0 Å². The summed E-state index contributed by atoms with van der Waals surface area (Å²) >= 11 is 0. The van der Waals surface area contributed by atoms with Crippen LogP contribution in [0.15, 0.2) is 18.5 Å². The van der Waals surface area contributed by atoms with Crippen LogP contribution in [0.25, 0.3) is 0 Å². The van der Waals surface area contributed by atoms with E-state index in [9.17, 15) is 0 Å². The summed E-state index contributed by atoms with van der Waals surface area (Å²) < 4.78 is 0. The lowest BCUT2D eigenvalue weighted by atomic mass is 9.88. The SMILES string of the molecule is CNC(c1cc[nH]c1)C1CCCNC1. The van der Waals surface area contributed by atoms with Crippen molar-refractivity contribution in [1.29, 1.82) is 0 Å². The van der Waals surface area contributed by atoms with E-state index in [2.05, 4.69) is 27.9 Å². The Labute approximate surface area is 85.3 Å². The second-order valence-corrected chi connectivity index (χ2v) is 4.02. The molecule has 3 heteroatoms. The van der Waals surface area contributed by atoms with E-state index >= 15 is 0 Å². The van der Waals surface area contributed by atoms with Crippen LogP contribution in [0.3, 0.4) is 0 Å². The smallest absolute Gasteiger partial charge is 0.0373 e. The predicted octanol–water partition coefficient (Wildman–Crippen LogP) is 1.27. The molecule has 78 valence electrons. The van der Waals surface area contributed by atoms with Gasteiger partial charge in [-0.3, -0.25) is 0 Å². The zero-order valence-corrected chi connectivity index (χ0v) is 8.72. The standard InChI is InChI=1S/C11H19N3/c1-12-11(10-4-6-14-8-10)9-3-2-5-13-7-9/h4,6,8-9,11-14H,2-3,5,7H2,1H3. The zero-order chi connectivity index (χ0) is 9.80. The molecule has 0 aromatic carbocycles. The van der Waals surface area contributed by atoms with Gasteiger partial charge in [0, 0.05) is 18.4 Å². The first-order valence-corrected chi connectivity index (χ1v) is 5.42. The molecule has 1 aromatic heterocycles. The van der Waals surface area contributed by atoms with Crippen molar-refractivity contribution in [2.75, 3.05) is 20.1 Å². The lowest BCUT2D eigenvalue weighted by molar-refractivity contribution is 0.298. The number of hydrogen-bond donors (Lipinski definition) is 3. The van der Waals surface area contributed by atoms with Crippen molar-refractivity contribution in [2.24, 2.45) is 5.92 Å². The lowest BCUT2D eigenvalue weighted by Gasteiger charge is -2.30. The van der Waals surface area contributed by atoms with Crippen LogP contribution in [-0.4, -0.2) is 25.1 Å². The predicted molar refractivity (Wildman–Crippen MR) is 58.2 cm³/mol. The average Bonchev–Trinajstić information content (AvgIpc) is 2.74. The summed E-state index contributed by atoms with van der Waals surface area (Å²) in [4.78, 5) is 3.12. The maximum absolute atomic E-state index is 3.46. The average molecular weight is 193 g/mol. The number of hydrogen-bond acceptors (Lipinski definition) is 2. The molecule has 2 heterocycles. The molecule has 2 atom stereocenters. The molecule has 3 N–H and O–H groups in total. The van der Waals surface area contributed by atoms with Crippen LogP contribution >= 0.6 is 0 Å². The fraction of sp³-hybridized carbons (Fsp3) is 0.636. The molecule has 2 rings (SSSR count). The third-order valence-electron chi connectivity index (χ3n) is 3.10. The molecule has 0 saturated carbocycles. The van der Waals surface area contributed by atoms with E-state index in [-0.39, 0.29) is 0 Å². The Kier molecular flexibility index (Phi) is 3.22. The van der Waals surface area contributed by atoms with E-state index in [1.165, 1.54) is 24.9 Å². The van der Waals surface area contributed by atoms with Gasteiger partial charge in [0.25, 0.3) is 0 Å². The molecule has 1 aromatic rings. The minimum Gasteiger partial charge on any atom is -0.367 e. The summed E-state index contributed by atoms with van der Waals surface area (Å²) in [5.74, 6) is 0.726. The van der Waals surface area contributed by atoms with Gasteiger partial charge < -0.3 is 15.6 Å². The van der Waals surface area contributed by atoms with Gasteiger partial charge in [-0.25, -0.2) is 0 Å². The highest BCUT2D eigenvalue weighted by atomic mass is 14.9. The fourth-order valence-corrected chi connectivity index (χ4v) is 2.37. The van der Waals surface area contributed by atoms with Gasteiger partial charge in [-0.15, -0.1) is 0 Å². The van der Waals surface area contributed by atoms with Gasteiger partial charge in [-0.05, 0) is 50.5 Å². The van der Waals surface area contributed by atoms with Crippen molar-refractivity contribution in [1.82, 2.24) is 15.6 Å². The highest BCUT2D eigenvalue weighted by Gasteiger charge is 2.23. The van der Waals surface area contributed by atoms with E-state index in [1.54, 1.807) is 0 Å². The molecule has 1 fully saturated rings. The van der Waals surface area contributed by atoms with Crippen LogP contribution in [0.1, 0.15) is 24.4 Å². The van der Waals surface area contributed by atoms with Crippen LogP contribution in [0.4, 0.5) is 0 Å². The topological polar surface area (TPSA) is 39.9 Å². The van der Waals surface area contributed by atoms with Gasteiger partial charge in [0.1, 0.15) is 0 Å². The summed E-state index contributed by atoms with van der Waals surface area (Å²) in [6.45, 7) is 2.32. The van der Waals surface area contributed by atoms with Crippen molar-refractivity contribution < 1.29 is 0 Å². The van der Waals surface area contributed by atoms with E-state index < -0.39 is 0 Å². The first-order chi connectivity index (χ1) is 6.92. The van der Waals surface area contributed by atoms with Crippen LogP contribution in [0.5, 0.6) is 0 Å². The highest BCUT2D eigenvalue weighted by molar-refractivity contribution is 5.15. The number of H-pyrrole nitrogens is 1. The van der Waals surface area contributed by atoms with Crippen LogP contribution in [0, 0.1) is 5.92 Å². The Morgan fingerprint density at radius 2 is 2.50 bits per heavy atom. The molecule has 14 heavy (non-hydrogen) atoms. The quantitative estimate of drug-likeness (QED) is 0.676. The molecule has 2 unspecified atom stereocenters. The third-order valence-corrected chi connectivity index (χ3v) is 3.10. The number of rotatable bonds is 3. The second kappa shape index (κ2) is 4.62. The minimum absolute atomic E-state index is 0.494. The van der Waals surface area contributed by atoms with E-state index in [4.69, 9.17) is 0 Å². The van der Waals surface area contributed by atoms with Crippen molar-refractivity contribution in [3.8, 4) is 0 Å². The van der Waals surface area contributed by atoms with Crippen molar-refractivity contribution in [3.63, 3.8) is 0 Å². The van der Waals surface area contributed by atoms with Gasteiger partial charge in [-0.2, -0.15) is 0 Å². The maximum atomic E-state index is 3.46. The summed E-state index contributed by atoms with van der Waals surface area (Å²) in [6.07, 6.45) is 6.71. The van der Waals surface area contributed by atoms with Gasteiger partial charge in [-0.1, -0.05) is 0 Å². The Morgan fingerprint density at radius 3 is 3.07 bits per heavy atom.